The van der Waals surface area contributed by atoms with Crippen LogP contribution in [0.1, 0.15) is 20.3 Å². The first-order chi connectivity index (χ1) is 3.71. The molecule has 1 N–H and O–H groups in total. The minimum atomic E-state index is 0.305. The maximum absolute atomic E-state index is 3.29. The Hall–Kier alpha value is 0.0500. The normalized spacial score (nSPS) is 25.8. The van der Waals surface area contributed by atoms with Gasteiger partial charge in [-0.1, -0.05) is 18.0 Å². The van der Waals surface area contributed by atoms with Crippen LogP contribution in [-0.2, 0) is 0 Å². The molecule has 0 fully saturated rings. The van der Waals surface area contributed by atoms with Crippen LogP contribution in [0, 0.1) is 0 Å². The average molecular weight is 129 g/mol. The summed E-state index contributed by atoms with van der Waals surface area (Å²) in [7, 11) is 0. The summed E-state index contributed by atoms with van der Waals surface area (Å²) < 4.78 is 3.29. The van der Waals surface area contributed by atoms with E-state index in [0.717, 1.165) is 6.42 Å². The molecule has 1 aliphatic rings. The zero-order valence-electron chi connectivity index (χ0n) is 5.27. The van der Waals surface area contributed by atoms with Crippen molar-refractivity contribution >= 4 is 11.9 Å². The fourth-order valence-corrected chi connectivity index (χ4v) is 1.29. The summed E-state index contributed by atoms with van der Waals surface area (Å²) in [5.41, 5.74) is 0.305. The van der Waals surface area contributed by atoms with E-state index in [2.05, 4.69) is 30.1 Å². The van der Waals surface area contributed by atoms with Crippen LogP contribution in [0.2, 0.25) is 0 Å². The lowest BCUT2D eigenvalue weighted by Gasteiger charge is -2.25. The smallest absolute Gasteiger partial charge is 0.0264 e. The van der Waals surface area contributed by atoms with E-state index in [1.165, 1.54) is 0 Å². The van der Waals surface area contributed by atoms with E-state index >= 15 is 0 Å². The Morgan fingerprint density at radius 2 is 2.38 bits per heavy atom. The zero-order chi connectivity index (χ0) is 6.04. The first-order valence-corrected chi connectivity index (χ1v) is 3.66. The molecular formula is C6H11NS. The quantitative estimate of drug-likeness (QED) is 0.501. The van der Waals surface area contributed by atoms with Gasteiger partial charge in [-0.05, 0) is 25.7 Å². The largest absolute Gasteiger partial charge is 0.254 e. The van der Waals surface area contributed by atoms with Crippen LogP contribution >= 0.6 is 11.9 Å². The van der Waals surface area contributed by atoms with Gasteiger partial charge in [-0.2, -0.15) is 0 Å². The van der Waals surface area contributed by atoms with Gasteiger partial charge in [-0.15, -0.1) is 0 Å². The molecule has 8 heavy (non-hydrogen) atoms. The van der Waals surface area contributed by atoms with Crippen LogP contribution in [0.5, 0.6) is 0 Å². The fourth-order valence-electron chi connectivity index (χ4n) is 0.626. The van der Waals surface area contributed by atoms with Crippen molar-refractivity contribution in [2.24, 2.45) is 0 Å². The number of hydrogen-bond acceptors (Lipinski definition) is 2. The van der Waals surface area contributed by atoms with E-state index in [1.54, 1.807) is 11.9 Å². The van der Waals surface area contributed by atoms with E-state index in [9.17, 15) is 0 Å². The highest BCUT2D eigenvalue weighted by Gasteiger charge is 2.16. The molecule has 0 aromatic rings. The Bertz CT molecular complexity index is 107. The maximum atomic E-state index is 3.29. The molecule has 0 bridgehead atoms. The summed E-state index contributed by atoms with van der Waals surface area (Å²) in [6, 6.07) is 0. The molecular weight excluding hydrogens is 118 g/mol. The Kier molecular flexibility index (Phi) is 1.63. The minimum Gasteiger partial charge on any atom is -0.254 e. The number of nitrogens with one attached hydrogen (secondary N) is 1. The predicted octanol–water partition coefficient (Wildman–Crippen LogP) is 1.92. The van der Waals surface area contributed by atoms with Crippen molar-refractivity contribution in [1.82, 2.24) is 4.72 Å². The highest BCUT2D eigenvalue weighted by Crippen LogP contribution is 2.19. The second kappa shape index (κ2) is 2.11. The van der Waals surface area contributed by atoms with Crippen LogP contribution in [0.3, 0.4) is 0 Å². The van der Waals surface area contributed by atoms with Crippen LogP contribution < -0.4 is 4.72 Å². The van der Waals surface area contributed by atoms with Crippen LogP contribution in [0.4, 0.5) is 0 Å². The van der Waals surface area contributed by atoms with Gasteiger partial charge in [0.1, 0.15) is 0 Å². The van der Waals surface area contributed by atoms with Crippen LogP contribution in [-0.4, -0.2) is 5.54 Å². The molecule has 0 saturated carbocycles. The van der Waals surface area contributed by atoms with Gasteiger partial charge >= 0.3 is 0 Å². The van der Waals surface area contributed by atoms with Gasteiger partial charge in [-0.3, -0.25) is 4.72 Å². The van der Waals surface area contributed by atoms with Crippen molar-refractivity contribution < 1.29 is 0 Å². The van der Waals surface area contributed by atoms with E-state index in [0.29, 0.717) is 5.54 Å². The van der Waals surface area contributed by atoms with Crippen molar-refractivity contribution in [3.05, 3.63) is 11.5 Å². The van der Waals surface area contributed by atoms with Gasteiger partial charge in [0.2, 0.25) is 0 Å². The Morgan fingerprint density at radius 3 is 2.62 bits per heavy atom. The molecule has 0 amide bonds. The second-order valence-electron chi connectivity index (χ2n) is 2.68. The van der Waals surface area contributed by atoms with Crippen LogP contribution in [0.25, 0.3) is 0 Å². The summed E-state index contributed by atoms with van der Waals surface area (Å²) in [6.07, 6.45) is 3.33. The zero-order valence-corrected chi connectivity index (χ0v) is 6.09. The van der Waals surface area contributed by atoms with Crippen molar-refractivity contribution in [3.63, 3.8) is 0 Å². The third-order valence-corrected chi connectivity index (χ3v) is 2.13. The molecule has 0 aromatic heterocycles. The third-order valence-electron chi connectivity index (χ3n) is 1.13. The molecule has 0 radical (unpaired) electrons. The van der Waals surface area contributed by atoms with Crippen molar-refractivity contribution in [2.75, 3.05) is 0 Å². The molecule has 0 spiro atoms. The topological polar surface area (TPSA) is 12.0 Å². The summed E-state index contributed by atoms with van der Waals surface area (Å²) in [6.45, 7) is 4.40. The minimum absolute atomic E-state index is 0.305. The second-order valence-corrected chi connectivity index (χ2v) is 3.39. The van der Waals surface area contributed by atoms with Crippen molar-refractivity contribution in [3.8, 4) is 0 Å². The monoisotopic (exact) mass is 129 g/mol. The van der Waals surface area contributed by atoms with E-state index in [-0.39, 0.29) is 0 Å². The Labute approximate surface area is 54.7 Å². The molecule has 1 rings (SSSR count). The first kappa shape index (κ1) is 6.17. The average Bonchev–Trinajstić information content (AvgIpc) is 1.65. The fraction of sp³-hybridized carbons (Fsp3) is 0.667. The van der Waals surface area contributed by atoms with E-state index in [4.69, 9.17) is 0 Å². The summed E-state index contributed by atoms with van der Waals surface area (Å²) >= 11 is 1.67. The first-order valence-electron chi connectivity index (χ1n) is 2.78. The number of hydrogen-bond donors (Lipinski definition) is 1. The lowest BCUT2D eigenvalue weighted by molar-refractivity contribution is 0.485. The lowest BCUT2D eigenvalue weighted by Crippen LogP contribution is -2.34. The van der Waals surface area contributed by atoms with Gasteiger partial charge in [-0.25, -0.2) is 0 Å². The van der Waals surface area contributed by atoms with E-state index < -0.39 is 0 Å². The lowest BCUT2D eigenvalue weighted by atomic mass is 10.0. The molecule has 1 heterocycles. The van der Waals surface area contributed by atoms with Gasteiger partial charge in [0.05, 0.1) is 0 Å². The summed E-state index contributed by atoms with van der Waals surface area (Å²) in [5, 5.41) is 2.09. The van der Waals surface area contributed by atoms with Crippen molar-refractivity contribution in [1.29, 1.82) is 0 Å². The molecule has 0 saturated heterocycles. The standard InChI is InChI=1S/C6H11NS/c1-6(2)4-3-5-8-7-6/h3,5,7H,4H2,1-2H3. The van der Waals surface area contributed by atoms with Gasteiger partial charge in [0, 0.05) is 5.54 Å². The molecule has 0 aliphatic carbocycles. The Morgan fingerprint density at radius 1 is 1.62 bits per heavy atom. The Balaban J connectivity index is 2.50. The molecule has 2 heteroatoms. The predicted molar refractivity (Wildman–Crippen MR) is 38.6 cm³/mol. The van der Waals surface area contributed by atoms with E-state index in [1.807, 2.05) is 0 Å². The van der Waals surface area contributed by atoms with Gasteiger partial charge in [0.15, 0.2) is 0 Å². The molecule has 1 aliphatic heterocycles. The van der Waals surface area contributed by atoms with Crippen LogP contribution in [0.15, 0.2) is 11.5 Å². The third kappa shape index (κ3) is 1.53. The molecule has 0 unspecified atom stereocenters. The molecule has 1 nitrogen and oxygen atoms in total. The SMILES string of the molecule is CC1(C)CC=CSN1. The summed E-state index contributed by atoms with van der Waals surface area (Å²) in [4.78, 5) is 0. The number of rotatable bonds is 0. The molecule has 0 atom stereocenters. The highest BCUT2D eigenvalue weighted by molar-refractivity contribution is 8.00. The highest BCUT2D eigenvalue weighted by atomic mass is 32.2. The van der Waals surface area contributed by atoms with Gasteiger partial charge in [0.25, 0.3) is 0 Å². The summed E-state index contributed by atoms with van der Waals surface area (Å²) in [5.74, 6) is 0. The van der Waals surface area contributed by atoms with Crippen molar-refractivity contribution in [2.45, 2.75) is 25.8 Å². The van der Waals surface area contributed by atoms with Gasteiger partial charge < -0.3 is 0 Å². The molecule has 0 aromatic carbocycles. The maximum Gasteiger partial charge on any atom is 0.0264 e. The molecule has 46 valence electrons.